The number of hydrogen-bond donors (Lipinski definition) is 1. The van der Waals surface area contributed by atoms with Crippen molar-refractivity contribution in [1.82, 2.24) is 9.88 Å². The largest absolute Gasteiger partial charge is 0.383 e. The SMILES string of the molecule is COCCn1cc(S(=O)(=O)Cl)cc1C(=O)NC(C)C. The monoisotopic (exact) mass is 308 g/mol. The van der Waals surface area contributed by atoms with Crippen LogP contribution in [0.3, 0.4) is 0 Å². The maximum atomic E-state index is 12.0. The van der Waals surface area contributed by atoms with Crippen molar-refractivity contribution < 1.29 is 17.9 Å². The summed E-state index contributed by atoms with van der Waals surface area (Å²) < 4.78 is 29.0. The van der Waals surface area contributed by atoms with Gasteiger partial charge in [-0.15, -0.1) is 0 Å². The minimum Gasteiger partial charge on any atom is -0.383 e. The molecule has 8 heteroatoms. The molecule has 0 aliphatic rings. The average Bonchev–Trinajstić information content (AvgIpc) is 2.68. The van der Waals surface area contributed by atoms with Crippen LogP contribution in [0.4, 0.5) is 0 Å². The van der Waals surface area contributed by atoms with E-state index in [4.69, 9.17) is 15.4 Å². The Morgan fingerprint density at radius 2 is 2.16 bits per heavy atom. The van der Waals surface area contributed by atoms with Gasteiger partial charge in [-0.05, 0) is 19.9 Å². The quantitative estimate of drug-likeness (QED) is 0.801. The molecule has 0 fully saturated rings. The highest BCUT2D eigenvalue weighted by atomic mass is 35.7. The van der Waals surface area contributed by atoms with Gasteiger partial charge in [0.15, 0.2) is 0 Å². The molecule has 0 atom stereocenters. The number of halogens is 1. The highest BCUT2D eigenvalue weighted by Gasteiger charge is 2.20. The first-order valence-electron chi connectivity index (χ1n) is 5.70. The van der Waals surface area contributed by atoms with Gasteiger partial charge in [-0.2, -0.15) is 0 Å². The first-order valence-corrected chi connectivity index (χ1v) is 8.01. The van der Waals surface area contributed by atoms with E-state index in [1.807, 2.05) is 13.8 Å². The molecule has 0 saturated carbocycles. The highest BCUT2D eigenvalue weighted by molar-refractivity contribution is 8.13. The zero-order valence-corrected chi connectivity index (χ0v) is 12.6. The van der Waals surface area contributed by atoms with E-state index in [1.165, 1.54) is 23.9 Å². The molecule has 1 N–H and O–H groups in total. The molecule has 0 aliphatic carbocycles. The Labute approximate surface area is 117 Å². The number of carbonyl (C=O) groups excluding carboxylic acids is 1. The van der Waals surface area contributed by atoms with E-state index in [1.54, 1.807) is 0 Å². The zero-order chi connectivity index (χ0) is 14.6. The van der Waals surface area contributed by atoms with Crippen LogP contribution in [0.15, 0.2) is 17.2 Å². The minimum absolute atomic E-state index is 0.0469. The third kappa shape index (κ3) is 4.52. The molecule has 0 bridgehead atoms. The van der Waals surface area contributed by atoms with Crippen molar-refractivity contribution >= 4 is 25.6 Å². The number of amides is 1. The van der Waals surface area contributed by atoms with E-state index in [0.717, 1.165) is 0 Å². The zero-order valence-electron chi connectivity index (χ0n) is 11.0. The lowest BCUT2D eigenvalue weighted by atomic mass is 10.3. The lowest BCUT2D eigenvalue weighted by Crippen LogP contribution is -2.31. The second kappa shape index (κ2) is 6.40. The van der Waals surface area contributed by atoms with E-state index >= 15 is 0 Å². The fourth-order valence-electron chi connectivity index (χ4n) is 1.52. The van der Waals surface area contributed by atoms with Crippen molar-refractivity contribution in [2.45, 2.75) is 31.3 Å². The second-order valence-electron chi connectivity index (χ2n) is 4.31. The summed E-state index contributed by atoms with van der Waals surface area (Å²) in [5.41, 5.74) is 0.241. The number of nitrogens with one attached hydrogen (secondary N) is 1. The Balaban J connectivity index is 3.12. The van der Waals surface area contributed by atoms with Gasteiger partial charge in [-0.3, -0.25) is 4.79 Å². The summed E-state index contributed by atoms with van der Waals surface area (Å²) in [5, 5.41) is 2.70. The smallest absolute Gasteiger partial charge is 0.268 e. The van der Waals surface area contributed by atoms with Crippen LogP contribution >= 0.6 is 10.7 Å². The third-order valence-corrected chi connectivity index (χ3v) is 3.66. The number of ether oxygens (including phenoxy) is 1. The van der Waals surface area contributed by atoms with E-state index < -0.39 is 9.05 Å². The Morgan fingerprint density at radius 3 is 2.63 bits per heavy atom. The number of carbonyl (C=O) groups is 1. The summed E-state index contributed by atoms with van der Waals surface area (Å²) in [5.74, 6) is -0.349. The van der Waals surface area contributed by atoms with Crippen molar-refractivity contribution in [3.05, 3.63) is 18.0 Å². The molecular formula is C11H17ClN2O4S. The molecule has 108 valence electrons. The molecule has 0 radical (unpaired) electrons. The van der Waals surface area contributed by atoms with Gasteiger partial charge >= 0.3 is 0 Å². The number of nitrogens with zero attached hydrogens (tertiary/aromatic N) is 1. The lowest BCUT2D eigenvalue weighted by Gasteiger charge is -2.11. The van der Waals surface area contributed by atoms with Crippen LogP contribution in [0.25, 0.3) is 0 Å². The molecule has 1 amide bonds. The van der Waals surface area contributed by atoms with E-state index in [0.29, 0.717) is 13.2 Å². The molecule has 0 aliphatic heterocycles. The number of rotatable bonds is 6. The summed E-state index contributed by atoms with van der Waals surface area (Å²) >= 11 is 0. The van der Waals surface area contributed by atoms with Crippen LogP contribution in [0.2, 0.25) is 0 Å². The highest BCUT2D eigenvalue weighted by Crippen LogP contribution is 2.18. The standard InChI is InChI=1S/C11H17ClN2O4S/c1-8(2)13-11(15)10-6-9(19(12,16)17)7-14(10)4-5-18-3/h6-8H,4-5H2,1-3H3,(H,13,15). The van der Waals surface area contributed by atoms with Crippen molar-refractivity contribution in [3.63, 3.8) is 0 Å². The topological polar surface area (TPSA) is 77.4 Å². The fraction of sp³-hybridized carbons (Fsp3) is 0.545. The predicted octanol–water partition coefficient (Wildman–Crippen LogP) is 1.20. The molecule has 0 aromatic carbocycles. The molecule has 6 nitrogen and oxygen atoms in total. The van der Waals surface area contributed by atoms with Gasteiger partial charge in [0.05, 0.1) is 6.61 Å². The van der Waals surface area contributed by atoms with Crippen LogP contribution < -0.4 is 5.32 Å². The molecule has 1 aromatic heterocycles. The summed E-state index contributed by atoms with van der Waals surface area (Å²) in [4.78, 5) is 11.9. The van der Waals surface area contributed by atoms with Gasteiger partial charge in [0, 0.05) is 36.6 Å². The molecule has 19 heavy (non-hydrogen) atoms. The van der Waals surface area contributed by atoms with Crippen LogP contribution in [-0.4, -0.2) is 38.7 Å². The Kier molecular flexibility index (Phi) is 5.39. The van der Waals surface area contributed by atoms with Gasteiger partial charge < -0.3 is 14.6 Å². The second-order valence-corrected chi connectivity index (χ2v) is 6.88. The molecule has 1 aromatic rings. The van der Waals surface area contributed by atoms with Gasteiger partial charge in [0.2, 0.25) is 0 Å². The van der Waals surface area contributed by atoms with Crippen molar-refractivity contribution in [2.75, 3.05) is 13.7 Å². The fourth-order valence-corrected chi connectivity index (χ4v) is 2.28. The summed E-state index contributed by atoms with van der Waals surface area (Å²) in [6.07, 6.45) is 1.33. The molecule has 0 saturated heterocycles. The molecule has 1 rings (SSSR count). The van der Waals surface area contributed by atoms with Gasteiger partial charge in [-0.1, -0.05) is 0 Å². The number of methoxy groups -OCH3 is 1. The van der Waals surface area contributed by atoms with Gasteiger partial charge in [-0.25, -0.2) is 8.42 Å². The molecule has 0 spiro atoms. The minimum atomic E-state index is -3.86. The van der Waals surface area contributed by atoms with Crippen LogP contribution in [-0.2, 0) is 20.3 Å². The average molecular weight is 309 g/mol. The Morgan fingerprint density at radius 1 is 1.53 bits per heavy atom. The molecule has 0 unspecified atom stereocenters. The first-order chi connectivity index (χ1) is 8.75. The maximum Gasteiger partial charge on any atom is 0.268 e. The maximum absolute atomic E-state index is 12.0. The summed E-state index contributed by atoms with van der Waals surface area (Å²) in [6.45, 7) is 4.36. The van der Waals surface area contributed by atoms with Gasteiger partial charge in [0.1, 0.15) is 10.6 Å². The first kappa shape index (κ1) is 16.0. The molecular weight excluding hydrogens is 292 g/mol. The van der Waals surface area contributed by atoms with Crippen molar-refractivity contribution in [2.24, 2.45) is 0 Å². The predicted molar refractivity (Wildman–Crippen MR) is 71.9 cm³/mol. The summed E-state index contributed by atoms with van der Waals surface area (Å²) in [7, 11) is 2.95. The van der Waals surface area contributed by atoms with Crippen molar-refractivity contribution in [1.29, 1.82) is 0 Å². The number of hydrogen-bond acceptors (Lipinski definition) is 4. The van der Waals surface area contributed by atoms with Gasteiger partial charge in [0.25, 0.3) is 15.0 Å². The normalized spacial score (nSPS) is 11.8. The van der Waals surface area contributed by atoms with E-state index in [-0.39, 0.29) is 22.5 Å². The third-order valence-electron chi connectivity index (χ3n) is 2.34. The Bertz CT molecular complexity index is 551. The van der Waals surface area contributed by atoms with Crippen LogP contribution in [0.5, 0.6) is 0 Å². The number of aromatic nitrogens is 1. The lowest BCUT2D eigenvalue weighted by molar-refractivity contribution is 0.0931. The van der Waals surface area contributed by atoms with E-state index in [9.17, 15) is 13.2 Å². The van der Waals surface area contributed by atoms with Crippen LogP contribution in [0.1, 0.15) is 24.3 Å². The molecule has 1 heterocycles. The summed E-state index contributed by atoms with van der Waals surface area (Å²) in [6, 6.07) is 1.21. The van der Waals surface area contributed by atoms with Crippen LogP contribution in [0, 0.1) is 0 Å². The Hall–Kier alpha value is -1.05. The van der Waals surface area contributed by atoms with Crippen molar-refractivity contribution in [3.8, 4) is 0 Å². The van der Waals surface area contributed by atoms with E-state index in [2.05, 4.69) is 5.32 Å².